The molecule has 4 heteroatoms. The van der Waals surface area contributed by atoms with E-state index in [1.54, 1.807) is 31.2 Å². The van der Waals surface area contributed by atoms with Crippen molar-refractivity contribution in [2.45, 2.75) is 36.3 Å². The van der Waals surface area contributed by atoms with Crippen LogP contribution in [0.1, 0.15) is 25.3 Å². The number of ketones is 1. The van der Waals surface area contributed by atoms with Crippen LogP contribution in [0.5, 0.6) is 0 Å². The minimum Gasteiger partial charge on any atom is -0.298 e. The number of benzene rings is 1. The fourth-order valence-corrected chi connectivity index (χ4v) is 4.18. The van der Waals surface area contributed by atoms with Gasteiger partial charge in [-0.2, -0.15) is 0 Å². The summed E-state index contributed by atoms with van der Waals surface area (Å²) >= 11 is 0. The van der Waals surface area contributed by atoms with E-state index in [0.29, 0.717) is 23.3 Å². The maximum absolute atomic E-state index is 12.4. The van der Waals surface area contributed by atoms with Gasteiger partial charge in [-0.05, 0) is 38.3 Å². The molecule has 2 rings (SSSR count). The molecule has 1 aromatic carbocycles. The highest BCUT2D eigenvalue weighted by molar-refractivity contribution is 7.94. The van der Waals surface area contributed by atoms with Gasteiger partial charge in [0.05, 0.1) is 4.90 Å². The highest BCUT2D eigenvalue weighted by Gasteiger charge is 2.59. The van der Waals surface area contributed by atoms with E-state index in [1.807, 2.05) is 0 Å². The Morgan fingerprint density at radius 1 is 1.25 bits per heavy atom. The largest absolute Gasteiger partial charge is 0.298 e. The van der Waals surface area contributed by atoms with Gasteiger partial charge in [0.1, 0.15) is 4.75 Å². The number of hydrogen-bond acceptors (Lipinski definition) is 3. The first kappa shape index (κ1) is 11.3. The molecule has 1 aliphatic rings. The van der Waals surface area contributed by atoms with Crippen molar-refractivity contribution < 1.29 is 13.2 Å². The highest BCUT2D eigenvalue weighted by Crippen LogP contribution is 2.47. The van der Waals surface area contributed by atoms with Crippen LogP contribution >= 0.6 is 0 Å². The predicted molar refractivity (Wildman–Crippen MR) is 61.0 cm³/mol. The molecule has 0 heterocycles. The molecule has 0 amide bonds. The Labute approximate surface area is 95.4 Å². The minimum absolute atomic E-state index is 0.240. The summed E-state index contributed by atoms with van der Waals surface area (Å²) in [6.45, 7) is 3.12. The van der Waals surface area contributed by atoms with Crippen LogP contribution in [0.4, 0.5) is 0 Å². The highest BCUT2D eigenvalue weighted by atomic mass is 32.2. The van der Waals surface area contributed by atoms with Gasteiger partial charge in [-0.25, -0.2) is 8.42 Å². The average molecular weight is 238 g/mol. The first-order chi connectivity index (χ1) is 7.42. The number of sulfone groups is 1. The van der Waals surface area contributed by atoms with Gasteiger partial charge in [0.25, 0.3) is 0 Å². The zero-order chi connectivity index (χ0) is 12.0. The minimum atomic E-state index is -3.51. The molecule has 1 fully saturated rings. The summed E-state index contributed by atoms with van der Waals surface area (Å²) in [5, 5.41) is 0. The standard InChI is InChI=1S/C12H14O3S/c1-9-5-3-4-6-11(9)16(14,15)12(7-8-12)10(2)13/h3-6H,7-8H2,1-2H3. The summed E-state index contributed by atoms with van der Waals surface area (Å²) in [5.41, 5.74) is 0.704. The fraction of sp³-hybridized carbons (Fsp3) is 0.417. The van der Waals surface area contributed by atoms with Crippen molar-refractivity contribution in [2.24, 2.45) is 0 Å². The van der Waals surface area contributed by atoms with Crippen LogP contribution in [0.2, 0.25) is 0 Å². The number of aryl methyl sites for hydroxylation is 1. The molecule has 0 spiro atoms. The molecule has 0 N–H and O–H groups in total. The van der Waals surface area contributed by atoms with Gasteiger partial charge in [-0.1, -0.05) is 18.2 Å². The molecule has 0 aromatic heterocycles. The first-order valence-corrected chi connectivity index (χ1v) is 6.71. The second kappa shape index (κ2) is 3.42. The van der Waals surface area contributed by atoms with Crippen molar-refractivity contribution in [3.8, 4) is 0 Å². The number of Topliss-reactive ketones (excluding diaryl/α,β-unsaturated/α-hetero) is 1. The van der Waals surface area contributed by atoms with Crippen LogP contribution in [0, 0.1) is 6.92 Å². The van der Waals surface area contributed by atoms with E-state index in [9.17, 15) is 13.2 Å². The van der Waals surface area contributed by atoms with Crippen molar-refractivity contribution >= 4 is 15.6 Å². The number of carbonyl (C=O) groups excluding carboxylic acids is 1. The SMILES string of the molecule is CC(=O)C1(S(=O)(=O)c2ccccc2C)CC1. The van der Waals surface area contributed by atoms with E-state index in [4.69, 9.17) is 0 Å². The number of rotatable bonds is 3. The van der Waals surface area contributed by atoms with Gasteiger partial charge in [-0.3, -0.25) is 4.79 Å². The van der Waals surface area contributed by atoms with Crippen LogP contribution < -0.4 is 0 Å². The lowest BCUT2D eigenvalue weighted by molar-refractivity contribution is -0.117. The molecule has 1 aliphatic carbocycles. The summed E-state index contributed by atoms with van der Waals surface area (Å²) in [6.07, 6.45) is 0.915. The van der Waals surface area contributed by atoms with Crippen LogP contribution in [-0.4, -0.2) is 18.9 Å². The molecule has 1 saturated carbocycles. The molecular formula is C12H14O3S. The molecule has 1 aromatic rings. The van der Waals surface area contributed by atoms with Gasteiger partial charge in [0, 0.05) is 0 Å². The van der Waals surface area contributed by atoms with Crippen molar-refractivity contribution in [3.63, 3.8) is 0 Å². The Balaban J connectivity index is 2.57. The predicted octanol–water partition coefficient (Wildman–Crippen LogP) is 1.89. The van der Waals surface area contributed by atoms with E-state index in [2.05, 4.69) is 0 Å². The van der Waals surface area contributed by atoms with Crippen molar-refractivity contribution in [3.05, 3.63) is 29.8 Å². The summed E-state index contributed by atoms with van der Waals surface area (Å²) in [4.78, 5) is 11.8. The molecular weight excluding hydrogens is 224 g/mol. The van der Waals surface area contributed by atoms with Crippen LogP contribution in [0.3, 0.4) is 0 Å². The van der Waals surface area contributed by atoms with Gasteiger partial charge in [-0.15, -0.1) is 0 Å². The second-order valence-electron chi connectivity index (χ2n) is 4.32. The van der Waals surface area contributed by atoms with Gasteiger partial charge < -0.3 is 0 Å². The van der Waals surface area contributed by atoms with Crippen molar-refractivity contribution in [1.29, 1.82) is 0 Å². The topological polar surface area (TPSA) is 51.2 Å². The van der Waals surface area contributed by atoms with E-state index in [1.165, 1.54) is 6.92 Å². The van der Waals surface area contributed by atoms with Gasteiger partial charge in [0.2, 0.25) is 0 Å². The van der Waals surface area contributed by atoms with Crippen molar-refractivity contribution in [1.82, 2.24) is 0 Å². The summed E-state index contributed by atoms with van der Waals surface area (Å²) < 4.78 is 23.6. The number of hydrogen-bond donors (Lipinski definition) is 0. The quantitative estimate of drug-likeness (QED) is 0.808. The van der Waals surface area contributed by atoms with Gasteiger partial charge >= 0.3 is 0 Å². The summed E-state index contributed by atoms with van der Waals surface area (Å²) in [5.74, 6) is -0.240. The molecule has 0 atom stereocenters. The van der Waals surface area contributed by atoms with E-state index < -0.39 is 14.6 Å². The molecule has 3 nitrogen and oxygen atoms in total. The zero-order valence-corrected chi connectivity index (χ0v) is 10.2. The Kier molecular flexibility index (Phi) is 2.42. The normalized spacial score (nSPS) is 18.1. The molecule has 86 valence electrons. The Morgan fingerprint density at radius 3 is 2.25 bits per heavy atom. The van der Waals surface area contributed by atoms with E-state index in [0.717, 1.165) is 0 Å². The monoisotopic (exact) mass is 238 g/mol. The lowest BCUT2D eigenvalue weighted by atomic mass is 10.2. The Hall–Kier alpha value is -1.16. The van der Waals surface area contributed by atoms with E-state index in [-0.39, 0.29) is 5.78 Å². The molecule has 0 unspecified atom stereocenters. The third-order valence-electron chi connectivity index (χ3n) is 3.24. The molecule has 0 bridgehead atoms. The van der Waals surface area contributed by atoms with Crippen LogP contribution in [-0.2, 0) is 14.6 Å². The Morgan fingerprint density at radius 2 is 1.81 bits per heavy atom. The fourth-order valence-electron chi connectivity index (χ4n) is 1.99. The average Bonchev–Trinajstić information content (AvgIpc) is 2.98. The zero-order valence-electron chi connectivity index (χ0n) is 9.36. The van der Waals surface area contributed by atoms with E-state index >= 15 is 0 Å². The lowest BCUT2D eigenvalue weighted by Crippen LogP contribution is -2.31. The maximum atomic E-state index is 12.4. The molecule has 0 saturated heterocycles. The summed E-state index contributed by atoms with van der Waals surface area (Å²) in [6, 6.07) is 6.81. The summed E-state index contributed by atoms with van der Waals surface area (Å²) in [7, 11) is -3.51. The lowest BCUT2D eigenvalue weighted by Gasteiger charge is -2.14. The Bertz CT molecular complexity index is 539. The maximum Gasteiger partial charge on any atom is 0.191 e. The molecule has 16 heavy (non-hydrogen) atoms. The van der Waals surface area contributed by atoms with Crippen molar-refractivity contribution in [2.75, 3.05) is 0 Å². The third kappa shape index (κ3) is 1.40. The molecule has 0 aliphatic heterocycles. The van der Waals surface area contributed by atoms with Crippen LogP contribution in [0.15, 0.2) is 29.2 Å². The van der Waals surface area contributed by atoms with Gasteiger partial charge in [0.15, 0.2) is 15.6 Å². The van der Waals surface area contributed by atoms with Crippen LogP contribution in [0.25, 0.3) is 0 Å². The smallest absolute Gasteiger partial charge is 0.191 e. The molecule has 0 radical (unpaired) electrons. The second-order valence-corrected chi connectivity index (χ2v) is 6.55. The number of carbonyl (C=O) groups is 1. The first-order valence-electron chi connectivity index (χ1n) is 5.23. The third-order valence-corrected chi connectivity index (χ3v) is 6.00.